The number of hydrogen-bond acceptors (Lipinski definition) is 4. The van der Waals surface area contributed by atoms with Crippen molar-refractivity contribution in [3.05, 3.63) is 59.2 Å². The number of carbonyl (C=O) groups excluding carboxylic acids is 1. The van der Waals surface area contributed by atoms with Crippen LogP contribution in [0.25, 0.3) is 10.9 Å². The highest BCUT2D eigenvalue weighted by Crippen LogP contribution is 2.21. The van der Waals surface area contributed by atoms with Gasteiger partial charge in [-0.1, -0.05) is 23.7 Å². The first kappa shape index (κ1) is 17.4. The van der Waals surface area contributed by atoms with Gasteiger partial charge in [-0.2, -0.15) is 5.10 Å². The van der Waals surface area contributed by atoms with Crippen LogP contribution in [-0.2, 0) is 4.79 Å². The lowest BCUT2D eigenvalue weighted by atomic mass is 10.1. The summed E-state index contributed by atoms with van der Waals surface area (Å²) in [5.41, 5.74) is 2.48. The molecule has 3 rings (SSSR count). The van der Waals surface area contributed by atoms with E-state index in [0.717, 1.165) is 28.7 Å². The Labute approximate surface area is 151 Å². The number of carbonyl (C=O) groups is 1. The van der Waals surface area contributed by atoms with Crippen LogP contribution < -0.4 is 16.0 Å². The van der Waals surface area contributed by atoms with E-state index in [1.807, 2.05) is 37.4 Å². The van der Waals surface area contributed by atoms with Crippen LogP contribution in [0.2, 0.25) is 5.02 Å². The third-order valence-electron chi connectivity index (χ3n) is 3.88. The summed E-state index contributed by atoms with van der Waals surface area (Å²) in [5, 5.41) is 17.7. The minimum absolute atomic E-state index is 0.138. The Morgan fingerprint density at radius 1 is 1.24 bits per heavy atom. The quantitative estimate of drug-likeness (QED) is 0.490. The number of aromatic nitrogens is 2. The van der Waals surface area contributed by atoms with Gasteiger partial charge in [0.15, 0.2) is 0 Å². The van der Waals surface area contributed by atoms with Crippen LogP contribution in [0, 0.1) is 0 Å². The van der Waals surface area contributed by atoms with E-state index >= 15 is 0 Å². The van der Waals surface area contributed by atoms with E-state index in [1.165, 1.54) is 0 Å². The van der Waals surface area contributed by atoms with Gasteiger partial charge in [0.1, 0.15) is 6.04 Å². The van der Waals surface area contributed by atoms with E-state index in [-0.39, 0.29) is 5.91 Å². The number of H-pyrrole nitrogens is 1. The summed E-state index contributed by atoms with van der Waals surface area (Å²) < 4.78 is 0. The molecule has 0 bridgehead atoms. The van der Waals surface area contributed by atoms with E-state index in [0.29, 0.717) is 11.6 Å². The first-order chi connectivity index (χ1) is 12.2. The van der Waals surface area contributed by atoms with Crippen molar-refractivity contribution >= 4 is 34.1 Å². The molecule has 1 aromatic heterocycles. The van der Waals surface area contributed by atoms with Crippen LogP contribution >= 0.6 is 11.6 Å². The molecule has 0 fully saturated rings. The number of likely N-dealkylation sites (N-methyl/N-ethyl adjacent to an activating group) is 1. The van der Waals surface area contributed by atoms with E-state index in [2.05, 4.69) is 26.1 Å². The maximum atomic E-state index is 12.8. The number of aromatic amines is 1. The molecule has 0 saturated heterocycles. The minimum atomic E-state index is -0.493. The molecule has 6 nitrogen and oxygen atoms in total. The second-order valence-electron chi connectivity index (χ2n) is 5.71. The Hall–Kier alpha value is -2.41. The van der Waals surface area contributed by atoms with Gasteiger partial charge >= 0.3 is 0 Å². The van der Waals surface area contributed by atoms with Crippen molar-refractivity contribution in [2.45, 2.75) is 6.04 Å². The summed E-state index contributed by atoms with van der Waals surface area (Å²) in [5.74, 6) is -0.138. The van der Waals surface area contributed by atoms with Gasteiger partial charge in [0.25, 0.3) is 0 Å². The molecule has 4 N–H and O–H groups in total. The van der Waals surface area contributed by atoms with E-state index in [4.69, 9.17) is 11.6 Å². The van der Waals surface area contributed by atoms with Crippen molar-refractivity contribution < 1.29 is 4.79 Å². The lowest BCUT2D eigenvalue weighted by molar-refractivity contribution is -0.118. The largest absolute Gasteiger partial charge is 0.324 e. The van der Waals surface area contributed by atoms with E-state index < -0.39 is 6.04 Å². The first-order valence-electron chi connectivity index (χ1n) is 8.05. The molecular formula is C18H20ClN5O. The lowest BCUT2D eigenvalue weighted by Crippen LogP contribution is -2.36. The van der Waals surface area contributed by atoms with Crippen LogP contribution in [-0.4, -0.2) is 36.2 Å². The summed E-state index contributed by atoms with van der Waals surface area (Å²) in [6.45, 7) is 1.41. The number of nitrogens with zero attached hydrogens (tertiary/aromatic N) is 1. The lowest BCUT2D eigenvalue weighted by Gasteiger charge is -2.19. The second kappa shape index (κ2) is 8.11. The predicted octanol–water partition coefficient (Wildman–Crippen LogP) is 2.71. The molecule has 3 aromatic rings. The molecule has 1 heterocycles. The van der Waals surface area contributed by atoms with E-state index in [1.54, 1.807) is 18.3 Å². The van der Waals surface area contributed by atoms with Crippen LogP contribution in [0.15, 0.2) is 48.7 Å². The highest BCUT2D eigenvalue weighted by atomic mass is 35.5. The Morgan fingerprint density at radius 3 is 2.92 bits per heavy atom. The van der Waals surface area contributed by atoms with Crippen molar-refractivity contribution in [3.8, 4) is 0 Å². The molecule has 7 heteroatoms. The number of fused-ring (bicyclic) bond motifs is 1. The van der Waals surface area contributed by atoms with Gasteiger partial charge in [0.05, 0.1) is 11.7 Å². The monoisotopic (exact) mass is 357 g/mol. The number of amides is 1. The van der Waals surface area contributed by atoms with Gasteiger partial charge < -0.3 is 16.0 Å². The molecule has 1 unspecified atom stereocenters. The number of benzene rings is 2. The third-order valence-corrected chi connectivity index (χ3v) is 4.11. The highest BCUT2D eigenvalue weighted by molar-refractivity contribution is 6.30. The molecule has 2 aromatic carbocycles. The molecular weight excluding hydrogens is 338 g/mol. The molecule has 0 aliphatic rings. The maximum absolute atomic E-state index is 12.8. The van der Waals surface area contributed by atoms with Crippen molar-refractivity contribution in [2.24, 2.45) is 0 Å². The topological polar surface area (TPSA) is 81.8 Å². The van der Waals surface area contributed by atoms with Gasteiger partial charge in [0, 0.05) is 29.2 Å². The molecule has 1 atom stereocenters. The van der Waals surface area contributed by atoms with Crippen molar-refractivity contribution in [1.29, 1.82) is 0 Å². The average molecular weight is 358 g/mol. The normalized spacial score (nSPS) is 12.2. The number of rotatable bonds is 7. The number of hydrogen-bond donors (Lipinski definition) is 4. The zero-order valence-electron chi connectivity index (χ0n) is 13.8. The molecule has 0 spiro atoms. The Kier molecular flexibility index (Phi) is 5.65. The summed E-state index contributed by atoms with van der Waals surface area (Å²) in [6, 6.07) is 12.5. The molecule has 0 aliphatic carbocycles. The standard InChI is InChI=1S/C18H20ClN5O/c1-20-7-8-21-17(12-3-2-4-14(19)9-12)18(25)23-15-5-6-16-13(10-15)11-22-24-16/h2-6,9-11,17,20-21H,7-8H2,1H3,(H,22,24)(H,23,25). The fourth-order valence-electron chi connectivity index (χ4n) is 2.62. The molecule has 0 aliphatic heterocycles. The van der Waals surface area contributed by atoms with Gasteiger partial charge in [0.2, 0.25) is 5.91 Å². The van der Waals surface area contributed by atoms with Gasteiger partial charge in [-0.05, 0) is 42.9 Å². The highest BCUT2D eigenvalue weighted by Gasteiger charge is 2.20. The van der Waals surface area contributed by atoms with Gasteiger partial charge in [-0.25, -0.2) is 0 Å². The fourth-order valence-corrected chi connectivity index (χ4v) is 2.82. The number of halogens is 1. The van der Waals surface area contributed by atoms with Crippen LogP contribution in [0.3, 0.4) is 0 Å². The van der Waals surface area contributed by atoms with Crippen LogP contribution in [0.5, 0.6) is 0 Å². The first-order valence-corrected chi connectivity index (χ1v) is 8.42. The predicted molar refractivity (Wildman–Crippen MR) is 101 cm³/mol. The van der Waals surface area contributed by atoms with Gasteiger partial charge in [-0.3, -0.25) is 9.89 Å². The summed E-state index contributed by atoms with van der Waals surface area (Å²) in [6.07, 6.45) is 1.73. The van der Waals surface area contributed by atoms with Crippen molar-refractivity contribution in [3.63, 3.8) is 0 Å². The Balaban J connectivity index is 1.79. The second-order valence-corrected chi connectivity index (χ2v) is 6.14. The number of anilines is 1. The van der Waals surface area contributed by atoms with E-state index in [9.17, 15) is 4.79 Å². The zero-order valence-corrected chi connectivity index (χ0v) is 14.6. The molecule has 25 heavy (non-hydrogen) atoms. The Bertz CT molecular complexity index is 863. The molecule has 130 valence electrons. The maximum Gasteiger partial charge on any atom is 0.246 e. The van der Waals surface area contributed by atoms with Crippen molar-refractivity contribution in [1.82, 2.24) is 20.8 Å². The smallest absolute Gasteiger partial charge is 0.246 e. The SMILES string of the molecule is CNCCNC(C(=O)Nc1ccc2[nH]ncc2c1)c1cccc(Cl)c1. The average Bonchev–Trinajstić information content (AvgIpc) is 3.06. The Morgan fingerprint density at radius 2 is 2.12 bits per heavy atom. The summed E-state index contributed by atoms with van der Waals surface area (Å²) in [7, 11) is 1.87. The van der Waals surface area contributed by atoms with Crippen LogP contribution in [0.4, 0.5) is 5.69 Å². The molecule has 1 amide bonds. The summed E-state index contributed by atoms with van der Waals surface area (Å²) in [4.78, 5) is 12.8. The molecule has 0 radical (unpaired) electrons. The summed E-state index contributed by atoms with van der Waals surface area (Å²) >= 11 is 6.09. The van der Waals surface area contributed by atoms with Crippen LogP contribution in [0.1, 0.15) is 11.6 Å². The molecule has 0 saturated carbocycles. The van der Waals surface area contributed by atoms with Crippen molar-refractivity contribution in [2.75, 3.05) is 25.5 Å². The third kappa shape index (κ3) is 4.36. The minimum Gasteiger partial charge on any atom is -0.324 e. The fraction of sp³-hybridized carbons (Fsp3) is 0.222. The zero-order chi connectivity index (χ0) is 17.6. The van der Waals surface area contributed by atoms with Gasteiger partial charge in [-0.15, -0.1) is 0 Å². The number of nitrogens with one attached hydrogen (secondary N) is 4.